The molecule has 0 aromatic heterocycles. The second kappa shape index (κ2) is 9.62. The van der Waals surface area contributed by atoms with Gasteiger partial charge in [0.15, 0.2) is 0 Å². The van der Waals surface area contributed by atoms with Crippen LogP contribution in [0, 0.1) is 5.92 Å². The van der Waals surface area contributed by atoms with Gasteiger partial charge in [-0.1, -0.05) is 31.2 Å². The summed E-state index contributed by atoms with van der Waals surface area (Å²) in [5, 5.41) is 2.96. The largest absolute Gasteiger partial charge is 0.350 e. The van der Waals surface area contributed by atoms with E-state index in [4.69, 9.17) is 0 Å². The van der Waals surface area contributed by atoms with Gasteiger partial charge in [-0.05, 0) is 62.6 Å². The molecular formula is C23H31N3O3S. The van der Waals surface area contributed by atoms with E-state index in [1.807, 2.05) is 6.07 Å². The van der Waals surface area contributed by atoms with Gasteiger partial charge in [-0.25, -0.2) is 8.42 Å². The van der Waals surface area contributed by atoms with Gasteiger partial charge in [0, 0.05) is 31.7 Å². The van der Waals surface area contributed by atoms with Crippen LogP contribution in [0.5, 0.6) is 0 Å². The van der Waals surface area contributed by atoms with Crippen molar-refractivity contribution in [3.05, 3.63) is 60.2 Å². The van der Waals surface area contributed by atoms with Crippen molar-refractivity contribution < 1.29 is 13.2 Å². The third kappa shape index (κ3) is 5.21. The number of hydrogen-bond acceptors (Lipinski definition) is 4. The summed E-state index contributed by atoms with van der Waals surface area (Å²) >= 11 is 0. The van der Waals surface area contributed by atoms with Gasteiger partial charge in [0.05, 0.1) is 10.6 Å². The molecule has 7 heteroatoms. The average molecular weight is 430 g/mol. The van der Waals surface area contributed by atoms with E-state index in [2.05, 4.69) is 24.1 Å². The highest BCUT2D eigenvalue weighted by Crippen LogP contribution is 2.22. The summed E-state index contributed by atoms with van der Waals surface area (Å²) in [5.41, 5.74) is 0.911. The number of anilines is 1. The molecule has 0 saturated carbocycles. The highest BCUT2D eigenvalue weighted by molar-refractivity contribution is 7.92. The molecule has 6 nitrogen and oxygen atoms in total. The number of carbonyl (C=O) groups is 1. The highest BCUT2D eigenvalue weighted by atomic mass is 32.2. The molecule has 2 aromatic rings. The number of amides is 1. The smallest absolute Gasteiger partial charge is 0.264 e. The van der Waals surface area contributed by atoms with E-state index in [0.717, 1.165) is 13.1 Å². The van der Waals surface area contributed by atoms with Crippen molar-refractivity contribution in [1.29, 1.82) is 0 Å². The molecule has 1 aliphatic heterocycles. The maximum absolute atomic E-state index is 13.0. The Kier molecular flexibility index (Phi) is 7.15. The molecule has 1 aliphatic rings. The van der Waals surface area contributed by atoms with Gasteiger partial charge in [0.2, 0.25) is 0 Å². The van der Waals surface area contributed by atoms with Crippen molar-refractivity contribution in [3.8, 4) is 0 Å². The summed E-state index contributed by atoms with van der Waals surface area (Å²) in [7, 11) is -2.24. The molecule has 2 unspecified atom stereocenters. The number of rotatable bonds is 7. The highest BCUT2D eigenvalue weighted by Gasteiger charge is 2.24. The van der Waals surface area contributed by atoms with Gasteiger partial charge in [0.1, 0.15) is 0 Å². The van der Waals surface area contributed by atoms with Crippen LogP contribution in [0.4, 0.5) is 5.69 Å². The minimum absolute atomic E-state index is 0.0967. The van der Waals surface area contributed by atoms with E-state index in [1.165, 1.54) is 36.3 Å². The number of carbonyl (C=O) groups excluding carboxylic acids is 1. The van der Waals surface area contributed by atoms with Crippen molar-refractivity contribution in [2.24, 2.45) is 5.92 Å². The van der Waals surface area contributed by atoms with Crippen LogP contribution in [0.25, 0.3) is 0 Å². The molecule has 0 radical (unpaired) electrons. The van der Waals surface area contributed by atoms with Crippen LogP contribution in [-0.4, -0.2) is 51.9 Å². The number of piperidine rings is 1. The van der Waals surface area contributed by atoms with Gasteiger partial charge in [-0.3, -0.25) is 14.0 Å². The fourth-order valence-corrected chi connectivity index (χ4v) is 5.07. The van der Waals surface area contributed by atoms with Crippen molar-refractivity contribution in [2.75, 3.05) is 31.0 Å². The molecule has 1 amide bonds. The lowest BCUT2D eigenvalue weighted by Crippen LogP contribution is -2.46. The third-order valence-electron chi connectivity index (χ3n) is 5.74. The van der Waals surface area contributed by atoms with E-state index in [-0.39, 0.29) is 16.8 Å². The lowest BCUT2D eigenvalue weighted by Gasteiger charge is -2.35. The van der Waals surface area contributed by atoms with E-state index >= 15 is 0 Å². The zero-order valence-electron chi connectivity index (χ0n) is 17.9. The molecule has 162 valence electrons. The third-order valence-corrected chi connectivity index (χ3v) is 7.53. The molecule has 0 spiro atoms. The Morgan fingerprint density at radius 2 is 1.93 bits per heavy atom. The number of sulfonamides is 1. The Morgan fingerprint density at radius 3 is 2.63 bits per heavy atom. The van der Waals surface area contributed by atoms with Crippen LogP contribution >= 0.6 is 0 Å². The van der Waals surface area contributed by atoms with Crippen molar-refractivity contribution in [2.45, 2.75) is 37.6 Å². The Bertz CT molecular complexity index is 963. The predicted molar refractivity (Wildman–Crippen MR) is 120 cm³/mol. The maximum atomic E-state index is 13.0. The van der Waals surface area contributed by atoms with Crippen molar-refractivity contribution in [3.63, 3.8) is 0 Å². The Morgan fingerprint density at radius 1 is 1.20 bits per heavy atom. The van der Waals surface area contributed by atoms with Crippen LogP contribution in [0.1, 0.15) is 37.0 Å². The quantitative estimate of drug-likeness (QED) is 0.733. The van der Waals surface area contributed by atoms with Crippen LogP contribution in [0.15, 0.2) is 59.5 Å². The van der Waals surface area contributed by atoms with Crippen LogP contribution < -0.4 is 9.62 Å². The van der Waals surface area contributed by atoms with Crippen LogP contribution in [-0.2, 0) is 10.0 Å². The molecule has 3 rings (SSSR count). The van der Waals surface area contributed by atoms with Gasteiger partial charge in [0.25, 0.3) is 15.9 Å². The monoisotopic (exact) mass is 429 g/mol. The second-order valence-electron chi connectivity index (χ2n) is 8.14. The standard InChI is InChI=1S/C23H31N3O3S/c1-18-9-8-14-26(17-18)19(2)16-24-23(27)20-10-7-13-22(15-20)30(28,29)25(3)21-11-5-4-6-12-21/h4-7,10-13,15,18-19H,8-9,14,16-17H2,1-3H3,(H,24,27). The lowest BCUT2D eigenvalue weighted by molar-refractivity contribution is 0.0917. The summed E-state index contributed by atoms with van der Waals surface area (Å²) in [6, 6.07) is 15.3. The summed E-state index contributed by atoms with van der Waals surface area (Å²) < 4.78 is 27.2. The average Bonchev–Trinajstić information content (AvgIpc) is 2.77. The fourth-order valence-electron chi connectivity index (χ4n) is 3.83. The first-order valence-electron chi connectivity index (χ1n) is 10.5. The number of likely N-dealkylation sites (tertiary alicyclic amines) is 1. The second-order valence-corrected chi connectivity index (χ2v) is 10.1. The molecule has 30 heavy (non-hydrogen) atoms. The van der Waals surface area contributed by atoms with E-state index in [9.17, 15) is 13.2 Å². The van der Waals surface area contributed by atoms with Gasteiger partial charge < -0.3 is 5.32 Å². The molecular weight excluding hydrogens is 398 g/mol. The Hall–Kier alpha value is -2.38. The number of hydrogen-bond donors (Lipinski definition) is 1. The van der Waals surface area contributed by atoms with Crippen LogP contribution in [0.3, 0.4) is 0 Å². The normalized spacial score (nSPS) is 18.6. The minimum atomic E-state index is -3.76. The summed E-state index contributed by atoms with van der Waals surface area (Å²) in [5.74, 6) is 0.423. The lowest BCUT2D eigenvalue weighted by atomic mass is 9.99. The van der Waals surface area contributed by atoms with E-state index in [0.29, 0.717) is 23.7 Å². The molecule has 0 aliphatic carbocycles. The van der Waals surface area contributed by atoms with Gasteiger partial charge >= 0.3 is 0 Å². The zero-order chi connectivity index (χ0) is 21.7. The fraction of sp³-hybridized carbons (Fsp3) is 0.435. The maximum Gasteiger partial charge on any atom is 0.264 e. The molecule has 1 saturated heterocycles. The minimum Gasteiger partial charge on any atom is -0.350 e. The first-order chi connectivity index (χ1) is 14.3. The number of para-hydroxylation sites is 1. The number of nitrogens with one attached hydrogen (secondary N) is 1. The molecule has 0 bridgehead atoms. The Labute approximate surface area is 179 Å². The summed E-state index contributed by atoms with van der Waals surface area (Å²) in [6.45, 7) is 7.02. The first kappa shape index (κ1) is 22.3. The predicted octanol–water partition coefficient (Wildman–Crippen LogP) is 3.36. The van der Waals surface area contributed by atoms with Gasteiger partial charge in [-0.15, -0.1) is 0 Å². The topological polar surface area (TPSA) is 69.7 Å². The molecule has 1 fully saturated rings. The van der Waals surface area contributed by atoms with Crippen molar-refractivity contribution in [1.82, 2.24) is 10.2 Å². The summed E-state index contributed by atoms with van der Waals surface area (Å²) in [6.07, 6.45) is 2.45. The molecule has 1 N–H and O–H groups in total. The van der Waals surface area contributed by atoms with Gasteiger partial charge in [-0.2, -0.15) is 0 Å². The first-order valence-corrected chi connectivity index (χ1v) is 11.9. The zero-order valence-corrected chi connectivity index (χ0v) is 18.7. The van der Waals surface area contributed by atoms with E-state index < -0.39 is 10.0 Å². The number of benzene rings is 2. The molecule has 1 heterocycles. The number of nitrogens with zero attached hydrogens (tertiary/aromatic N) is 2. The van der Waals surface area contributed by atoms with E-state index in [1.54, 1.807) is 36.4 Å². The molecule has 2 aromatic carbocycles. The SMILES string of the molecule is CC1CCCN(C(C)CNC(=O)c2cccc(S(=O)(=O)N(C)c3ccccc3)c2)C1. The van der Waals surface area contributed by atoms with Crippen molar-refractivity contribution >= 4 is 21.6 Å². The van der Waals surface area contributed by atoms with Crippen LogP contribution in [0.2, 0.25) is 0 Å². The molecule has 2 atom stereocenters. The summed E-state index contributed by atoms with van der Waals surface area (Å²) in [4.78, 5) is 15.2. The Balaban J connectivity index is 1.67.